The Labute approximate surface area is 79.1 Å². The third-order valence-electron chi connectivity index (χ3n) is 1.51. The number of nitrogens with zero attached hydrogens (tertiary/aromatic N) is 3. The average molecular weight is 199 g/mol. The van der Waals surface area contributed by atoms with Gasteiger partial charge in [-0.05, 0) is 18.5 Å². The van der Waals surface area contributed by atoms with Gasteiger partial charge >= 0.3 is 0 Å². The molecule has 2 heterocycles. The van der Waals surface area contributed by atoms with Crippen molar-refractivity contribution in [1.82, 2.24) is 19.9 Å². The Morgan fingerprint density at radius 2 is 2.38 bits per heavy atom. The summed E-state index contributed by atoms with van der Waals surface area (Å²) in [7, 11) is 0. The Bertz CT molecular complexity index is 427. The highest BCUT2D eigenvalue weighted by molar-refractivity contribution is 6.28. The van der Waals surface area contributed by atoms with Gasteiger partial charge in [-0.2, -0.15) is 9.97 Å². The second-order valence-corrected chi connectivity index (χ2v) is 2.67. The zero-order chi connectivity index (χ0) is 9.26. The van der Waals surface area contributed by atoms with Gasteiger partial charge in [-0.25, -0.2) is 4.98 Å². The Balaban J connectivity index is 2.63. The van der Waals surface area contributed by atoms with Crippen molar-refractivity contribution >= 4 is 22.8 Å². The van der Waals surface area contributed by atoms with Gasteiger partial charge in [0, 0.05) is 0 Å². The summed E-state index contributed by atoms with van der Waals surface area (Å²) in [6.07, 6.45) is 1.53. The van der Waals surface area contributed by atoms with Gasteiger partial charge in [0.15, 0.2) is 5.65 Å². The maximum absolute atomic E-state index is 5.66. The minimum atomic E-state index is 0.142. The predicted molar refractivity (Wildman–Crippen MR) is 47.9 cm³/mol. The molecule has 6 heteroatoms. The summed E-state index contributed by atoms with van der Waals surface area (Å²) in [5.41, 5.74) is 1.19. The minimum absolute atomic E-state index is 0.142. The van der Waals surface area contributed by atoms with Gasteiger partial charge in [0.25, 0.3) is 0 Å². The highest BCUT2D eigenvalue weighted by Gasteiger charge is 2.08. The van der Waals surface area contributed by atoms with Crippen LogP contribution in [0.15, 0.2) is 6.33 Å². The Hall–Kier alpha value is -1.36. The summed E-state index contributed by atoms with van der Waals surface area (Å²) < 4.78 is 5.25. The number of halogens is 1. The van der Waals surface area contributed by atoms with E-state index >= 15 is 0 Å². The predicted octanol–water partition coefficient (Wildman–Crippen LogP) is 1.40. The molecule has 0 aliphatic heterocycles. The molecular formula is C7H7ClN4O. The molecular weight excluding hydrogens is 192 g/mol. The molecule has 0 spiro atoms. The van der Waals surface area contributed by atoms with Gasteiger partial charge < -0.3 is 9.72 Å². The lowest BCUT2D eigenvalue weighted by Crippen LogP contribution is -1.97. The monoisotopic (exact) mass is 198 g/mol. The topological polar surface area (TPSA) is 63.7 Å². The fourth-order valence-corrected chi connectivity index (χ4v) is 1.18. The van der Waals surface area contributed by atoms with Gasteiger partial charge in [0.05, 0.1) is 12.9 Å². The highest BCUT2D eigenvalue weighted by atomic mass is 35.5. The lowest BCUT2D eigenvalue weighted by atomic mass is 10.5. The first-order chi connectivity index (χ1) is 6.31. The highest BCUT2D eigenvalue weighted by Crippen LogP contribution is 2.20. The standard InChI is InChI=1S/C7H7ClN4O/c1-2-13-6-4-5(10-3-9-4)11-7(8)12-6/h3H,2H2,1H3,(H,9,10,11,12). The van der Waals surface area contributed by atoms with E-state index in [0.29, 0.717) is 23.7 Å². The van der Waals surface area contributed by atoms with E-state index in [2.05, 4.69) is 19.9 Å². The van der Waals surface area contributed by atoms with Crippen molar-refractivity contribution < 1.29 is 4.74 Å². The molecule has 0 saturated heterocycles. The van der Waals surface area contributed by atoms with Gasteiger partial charge in [-0.15, -0.1) is 0 Å². The van der Waals surface area contributed by atoms with Crippen LogP contribution >= 0.6 is 11.6 Å². The number of aromatic amines is 1. The number of aromatic nitrogens is 4. The van der Waals surface area contributed by atoms with Crippen molar-refractivity contribution in [2.75, 3.05) is 6.61 Å². The number of fused-ring (bicyclic) bond motifs is 1. The summed E-state index contributed by atoms with van der Waals surface area (Å²) >= 11 is 5.66. The summed E-state index contributed by atoms with van der Waals surface area (Å²) in [6.45, 7) is 2.40. The number of imidazole rings is 1. The van der Waals surface area contributed by atoms with Crippen LogP contribution in [0.25, 0.3) is 11.2 Å². The van der Waals surface area contributed by atoms with Crippen LogP contribution in [0.1, 0.15) is 6.92 Å². The fourth-order valence-electron chi connectivity index (χ4n) is 1.02. The van der Waals surface area contributed by atoms with Crippen molar-refractivity contribution in [2.45, 2.75) is 6.92 Å². The van der Waals surface area contributed by atoms with Crippen molar-refractivity contribution in [2.24, 2.45) is 0 Å². The van der Waals surface area contributed by atoms with E-state index in [1.54, 1.807) is 0 Å². The van der Waals surface area contributed by atoms with E-state index in [-0.39, 0.29) is 5.28 Å². The SMILES string of the molecule is CCOc1nc(Cl)nc2nc[nH]c12. The first-order valence-electron chi connectivity index (χ1n) is 3.80. The molecule has 0 radical (unpaired) electrons. The number of ether oxygens (including phenoxy) is 1. The lowest BCUT2D eigenvalue weighted by molar-refractivity contribution is 0.330. The molecule has 13 heavy (non-hydrogen) atoms. The van der Waals surface area contributed by atoms with Crippen molar-refractivity contribution in [3.8, 4) is 5.88 Å². The van der Waals surface area contributed by atoms with E-state index in [1.165, 1.54) is 6.33 Å². The molecule has 0 fully saturated rings. The Kier molecular flexibility index (Phi) is 2.02. The molecule has 0 aliphatic carbocycles. The van der Waals surface area contributed by atoms with E-state index in [4.69, 9.17) is 16.3 Å². The third-order valence-corrected chi connectivity index (χ3v) is 1.68. The van der Waals surface area contributed by atoms with Crippen molar-refractivity contribution in [1.29, 1.82) is 0 Å². The average Bonchev–Trinajstić information content (AvgIpc) is 2.52. The first kappa shape index (κ1) is 8.25. The van der Waals surface area contributed by atoms with E-state index in [1.807, 2.05) is 6.92 Å². The second-order valence-electron chi connectivity index (χ2n) is 2.33. The molecule has 0 aromatic carbocycles. The normalized spacial score (nSPS) is 10.6. The Morgan fingerprint density at radius 1 is 1.54 bits per heavy atom. The summed E-state index contributed by atoms with van der Waals surface area (Å²) in [6, 6.07) is 0. The van der Waals surface area contributed by atoms with Crippen LogP contribution in [-0.4, -0.2) is 26.5 Å². The summed E-state index contributed by atoms with van der Waals surface area (Å²) in [4.78, 5) is 14.7. The number of hydrogen-bond acceptors (Lipinski definition) is 4. The van der Waals surface area contributed by atoms with E-state index in [9.17, 15) is 0 Å². The van der Waals surface area contributed by atoms with Gasteiger partial charge in [-0.1, -0.05) is 0 Å². The second kappa shape index (κ2) is 3.18. The van der Waals surface area contributed by atoms with Crippen molar-refractivity contribution in [3.63, 3.8) is 0 Å². The quantitative estimate of drug-likeness (QED) is 0.741. The molecule has 0 aliphatic rings. The number of H-pyrrole nitrogens is 1. The van der Waals surface area contributed by atoms with Crippen LogP contribution < -0.4 is 4.74 Å². The maximum Gasteiger partial charge on any atom is 0.244 e. The molecule has 0 saturated carbocycles. The molecule has 2 rings (SSSR count). The number of rotatable bonds is 2. The molecule has 0 unspecified atom stereocenters. The van der Waals surface area contributed by atoms with Crippen LogP contribution in [0, 0.1) is 0 Å². The first-order valence-corrected chi connectivity index (χ1v) is 4.18. The largest absolute Gasteiger partial charge is 0.476 e. The summed E-state index contributed by atoms with van der Waals surface area (Å²) in [5.74, 6) is 0.440. The van der Waals surface area contributed by atoms with Gasteiger partial charge in [-0.3, -0.25) is 0 Å². The summed E-state index contributed by atoms with van der Waals surface area (Å²) in [5, 5.41) is 0.142. The van der Waals surface area contributed by atoms with E-state index in [0.717, 1.165) is 0 Å². The van der Waals surface area contributed by atoms with Crippen molar-refractivity contribution in [3.05, 3.63) is 11.6 Å². The third kappa shape index (κ3) is 1.42. The Morgan fingerprint density at radius 3 is 3.15 bits per heavy atom. The van der Waals surface area contributed by atoms with Gasteiger partial charge in [0.1, 0.15) is 5.52 Å². The molecule has 68 valence electrons. The molecule has 1 N–H and O–H groups in total. The zero-order valence-electron chi connectivity index (χ0n) is 6.91. The molecule has 0 atom stereocenters. The molecule has 2 aromatic rings. The van der Waals surface area contributed by atoms with Crippen LogP contribution in [0.4, 0.5) is 0 Å². The number of nitrogens with one attached hydrogen (secondary N) is 1. The molecule has 0 bridgehead atoms. The molecule has 0 amide bonds. The lowest BCUT2D eigenvalue weighted by Gasteiger charge is -2.01. The van der Waals surface area contributed by atoms with Crippen LogP contribution in [0.5, 0.6) is 5.88 Å². The zero-order valence-corrected chi connectivity index (χ0v) is 7.67. The number of hydrogen-bond donors (Lipinski definition) is 1. The van der Waals surface area contributed by atoms with E-state index < -0.39 is 0 Å². The maximum atomic E-state index is 5.66. The van der Waals surface area contributed by atoms with Crippen LogP contribution in [0.3, 0.4) is 0 Å². The molecule has 2 aromatic heterocycles. The van der Waals surface area contributed by atoms with Crippen LogP contribution in [0.2, 0.25) is 5.28 Å². The van der Waals surface area contributed by atoms with Crippen LogP contribution in [-0.2, 0) is 0 Å². The smallest absolute Gasteiger partial charge is 0.244 e. The minimum Gasteiger partial charge on any atom is -0.476 e. The fraction of sp³-hybridized carbons (Fsp3) is 0.286. The van der Waals surface area contributed by atoms with Gasteiger partial charge in [0.2, 0.25) is 11.2 Å². The molecule has 5 nitrogen and oxygen atoms in total.